The van der Waals surface area contributed by atoms with E-state index >= 15 is 0 Å². The molecule has 0 aliphatic heterocycles. The molecule has 0 unspecified atom stereocenters. The second kappa shape index (κ2) is 11.1. The Morgan fingerprint density at radius 3 is 2.71 bits per heavy atom. The van der Waals surface area contributed by atoms with E-state index in [0.717, 1.165) is 13.0 Å². The number of amides is 1. The molecule has 7 heteroatoms. The maximum atomic E-state index is 12.2. The molecule has 134 valence electrons. The summed E-state index contributed by atoms with van der Waals surface area (Å²) in [5.41, 5.74) is 5.61. The number of rotatable bonds is 8. The van der Waals surface area contributed by atoms with Crippen molar-refractivity contribution in [2.75, 3.05) is 13.7 Å². The fraction of sp³-hybridized carbons (Fsp3) is 0.529. The smallest absolute Gasteiger partial charge is 0.273 e. The van der Waals surface area contributed by atoms with E-state index in [1.54, 1.807) is 18.2 Å². The van der Waals surface area contributed by atoms with Gasteiger partial charge in [-0.05, 0) is 42.8 Å². The van der Waals surface area contributed by atoms with Gasteiger partial charge in [-0.3, -0.25) is 15.6 Å². The quantitative estimate of drug-likeness (QED) is 0.480. The first-order chi connectivity index (χ1) is 11.5. The first-order valence-corrected chi connectivity index (χ1v) is 8.98. The number of benzene rings is 1. The molecule has 0 saturated carbocycles. The summed E-state index contributed by atoms with van der Waals surface area (Å²) in [6.07, 6.45) is 4.68. The van der Waals surface area contributed by atoms with Crippen LogP contribution in [0.1, 0.15) is 49.9 Å². The highest BCUT2D eigenvalue weighted by Crippen LogP contribution is 2.22. The fourth-order valence-electron chi connectivity index (χ4n) is 2.26. The summed E-state index contributed by atoms with van der Waals surface area (Å²) in [5, 5.41) is 3.99. The summed E-state index contributed by atoms with van der Waals surface area (Å²) < 4.78 is 5.16. The molecule has 1 amide bonds. The van der Waals surface area contributed by atoms with Crippen molar-refractivity contribution in [3.63, 3.8) is 0 Å². The van der Waals surface area contributed by atoms with Crippen LogP contribution in [-0.4, -0.2) is 24.7 Å². The van der Waals surface area contributed by atoms with Gasteiger partial charge >= 0.3 is 0 Å². The molecule has 5 nitrogen and oxygen atoms in total. The first-order valence-electron chi connectivity index (χ1n) is 8.19. The van der Waals surface area contributed by atoms with Gasteiger partial charge in [0.15, 0.2) is 5.11 Å². The Hall–Kier alpha value is -1.53. The molecule has 0 spiro atoms. The number of hydrazine groups is 1. The minimum absolute atomic E-state index is 0.342. The number of hydrogen-bond acceptors (Lipinski definition) is 3. The van der Waals surface area contributed by atoms with Crippen LogP contribution in [0.25, 0.3) is 0 Å². The second-order valence-corrected chi connectivity index (χ2v) is 6.39. The van der Waals surface area contributed by atoms with Crippen LogP contribution in [0.15, 0.2) is 18.2 Å². The Bertz CT molecular complexity index is 555. The molecular formula is C17H26ClN3O2S. The lowest BCUT2D eigenvalue weighted by molar-refractivity contribution is 0.0940. The van der Waals surface area contributed by atoms with Crippen molar-refractivity contribution < 1.29 is 9.53 Å². The van der Waals surface area contributed by atoms with Crippen molar-refractivity contribution >= 4 is 34.8 Å². The van der Waals surface area contributed by atoms with Crippen molar-refractivity contribution in [2.45, 2.75) is 39.5 Å². The average molecular weight is 372 g/mol. The normalized spacial score (nSPS) is 11.5. The van der Waals surface area contributed by atoms with Gasteiger partial charge in [-0.15, -0.1) is 0 Å². The maximum Gasteiger partial charge on any atom is 0.273 e. The van der Waals surface area contributed by atoms with Gasteiger partial charge in [0.05, 0.1) is 12.7 Å². The van der Waals surface area contributed by atoms with Crippen LogP contribution in [0.3, 0.4) is 0 Å². The Morgan fingerprint density at radius 2 is 2.08 bits per heavy atom. The molecule has 24 heavy (non-hydrogen) atoms. The second-order valence-electron chi connectivity index (χ2n) is 5.55. The van der Waals surface area contributed by atoms with Gasteiger partial charge in [-0.1, -0.05) is 44.7 Å². The number of carbonyl (C=O) groups excluding carboxylic acids is 1. The SMILES string of the molecule is CCCC[C@H](CC)CNC(=S)NNC(=O)c1cc(Cl)ccc1OC. The van der Waals surface area contributed by atoms with Crippen molar-refractivity contribution in [2.24, 2.45) is 5.92 Å². The van der Waals surface area contributed by atoms with Gasteiger partial charge in [-0.25, -0.2) is 0 Å². The lowest BCUT2D eigenvalue weighted by Gasteiger charge is -2.17. The minimum Gasteiger partial charge on any atom is -0.496 e. The summed E-state index contributed by atoms with van der Waals surface area (Å²) in [6, 6.07) is 4.86. The number of halogens is 1. The number of methoxy groups -OCH3 is 1. The first kappa shape index (κ1) is 20.5. The molecule has 0 saturated heterocycles. The minimum atomic E-state index is -0.364. The van der Waals surface area contributed by atoms with Gasteiger partial charge < -0.3 is 10.1 Å². The number of thiocarbonyl (C=S) groups is 1. The number of carbonyl (C=O) groups is 1. The predicted molar refractivity (Wildman–Crippen MR) is 103 cm³/mol. The molecule has 1 aromatic carbocycles. The van der Waals surface area contributed by atoms with Crippen LogP contribution < -0.4 is 20.9 Å². The number of unbranched alkanes of at least 4 members (excludes halogenated alkanes) is 1. The molecule has 3 N–H and O–H groups in total. The standard InChI is InChI=1S/C17H26ClN3O2S/c1-4-6-7-12(5-2)11-19-17(24)21-20-16(22)14-10-13(18)8-9-15(14)23-3/h8-10,12H,4-7,11H2,1-3H3,(H,20,22)(H2,19,21,24)/t12-/m0/s1. The summed E-state index contributed by atoms with van der Waals surface area (Å²) in [5.74, 6) is 0.660. The highest BCUT2D eigenvalue weighted by atomic mass is 35.5. The highest BCUT2D eigenvalue weighted by Gasteiger charge is 2.13. The van der Waals surface area contributed by atoms with E-state index in [9.17, 15) is 4.79 Å². The van der Waals surface area contributed by atoms with Crippen LogP contribution in [0, 0.1) is 5.92 Å². The summed E-state index contributed by atoms with van der Waals surface area (Å²) in [6.45, 7) is 5.15. The summed E-state index contributed by atoms with van der Waals surface area (Å²) in [7, 11) is 1.50. The zero-order valence-electron chi connectivity index (χ0n) is 14.4. The van der Waals surface area contributed by atoms with Gasteiger partial charge in [0, 0.05) is 11.6 Å². The molecule has 0 bridgehead atoms. The molecular weight excluding hydrogens is 346 g/mol. The summed E-state index contributed by atoms with van der Waals surface area (Å²) >= 11 is 11.1. The average Bonchev–Trinajstić information content (AvgIpc) is 2.59. The predicted octanol–water partition coefficient (Wildman–Crippen LogP) is 3.67. The van der Waals surface area contributed by atoms with Crippen LogP contribution in [0.5, 0.6) is 5.75 Å². The third-order valence-electron chi connectivity index (χ3n) is 3.79. The number of nitrogens with one attached hydrogen (secondary N) is 3. The van der Waals surface area contributed by atoms with Crippen LogP contribution >= 0.6 is 23.8 Å². The van der Waals surface area contributed by atoms with E-state index in [-0.39, 0.29) is 5.91 Å². The molecule has 0 aromatic heterocycles. The molecule has 1 atom stereocenters. The molecule has 1 aromatic rings. The highest BCUT2D eigenvalue weighted by molar-refractivity contribution is 7.80. The van der Waals surface area contributed by atoms with E-state index in [0.29, 0.717) is 27.4 Å². The Morgan fingerprint density at radius 1 is 1.33 bits per heavy atom. The zero-order chi connectivity index (χ0) is 17.9. The molecule has 0 aliphatic carbocycles. The third-order valence-corrected chi connectivity index (χ3v) is 4.27. The number of hydrogen-bond donors (Lipinski definition) is 3. The van der Waals surface area contributed by atoms with Crippen molar-refractivity contribution in [1.29, 1.82) is 0 Å². The fourth-order valence-corrected chi connectivity index (χ4v) is 2.57. The monoisotopic (exact) mass is 371 g/mol. The van der Waals surface area contributed by atoms with Crippen molar-refractivity contribution in [3.05, 3.63) is 28.8 Å². The Kier molecular flexibility index (Phi) is 9.49. The van der Waals surface area contributed by atoms with E-state index < -0.39 is 0 Å². The van der Waals surface area contributed by atoms with Crippen LogP contribution in [0.2, 0.25) is 5.02 Å². The lowest BCUT2D eigenvalue weighted by atomic mass is 9.99. The van der Waals surface area contributed by atoms with E-state index in [1.807, 2.05) is 0 Å². The molecule has 0 fully saturated rings. The van der Waals surface area contributed by atoms with Gasteiger partial charge in [0.2, 0.25) is 0 Å². The summed E-state index contributed by atoms with van der Waals surface area (Å²) in [4.78, 5) is 12.2. The molecule has 0 radical (unpaired) electrons. The van der Waals surface area contributed by atoms with E-state index in [2.05, 4.69) is 30.0 Å². The largest absolute Gasteiger partial charge is 0.496 e. The molecule has 1 rings (SSSR count). The van der Waals surface area contributed by atoms with E-state index in [1.165, 1.54) is 26.4 Å². The van der Waals surface area contributed by atoms with Crippen LogP contribution in [-0.2, 0) is 0 Å². The molecule has 0 aliphatic rings. The third kappa shape index (κ3) is 6.93. The molecule has 0 heterocycles. The number of ether oxygens (including phenoxy) is 1. The van der Waals surface area contributed by atoms with Gasteiger partial charge in [0.25, 0.3) is 5.91 Å². The zero-order valence-corrected chi connectivity index (χ0v) is 16.0. The maximum absolute atomic E-state index is 12.2. The van der Waals surface area contributed by atoms with Gasteiger partial charge in [-0.2, -0.15) is 0 Å². The topological polar surface area (TPSA) is 62.4 Å². The van der Waals surface area contributed by atoms with Crippen LogP contribution in [0.4, 0.5) is 0 Å². The lowest BCUT2D eigenvalue weighted by Crippen LogP contribution is -2.47. The van der Waals surface area contributed by atoms with Gasteiger partial charge in [0.1, 0.15) is 5.75 Å². The van der Waals surface area contributed by atoms with Crippen molar-refractivity contribution in [3.8, 4) is 5.75 Å². The van der Waals surface area contributed by atoms with Crippen molar-refractivity contribution in [1.82, 2.24) is 16.2 Å². The van der Waals surface area contributed by atoms with E-state index in [4.69, 9.17) is 28.6 Å². The Balaban J connectivity index is 2.46. The Labute approximate surface area is 154 Å².